The number of benzene rings is 1. The smallest absolute Gasteiger partial charge is 0.224 e. The first-order valence-corrected chi connectivity index (χ1v) is 5.99. The lowest BCUT2D eigenvalue weighted by Gasteiger charge is -2.34. The molecule has 0 saturated heterocycles. The number of hydrogen-bond acceptors (Lipinski definition) is 2. The lowest BCUT2D eigenvalue weighted by molar-refractivity contribution is -0.117. The van der Waals surface area contributed by atoms with Gasteiger partial charge in [0, 0.05) is 24.3 Å². The molecule has 3 heteroatoms. The summed E-state index contributed by atoms with van der Waals surface area (Å²) in [4.78, 5) is 13.8. The van der Waals surface area contributed by atoms with Crippen LogP contribution in [0.15, 0.2) is 18.2 Å². The van der Waals surface area contributed by atoms with Gasteiger partial charge in [0.25, 0.3) is 0 Å². The molecule has 2 N–H and O–H groups in total. The quantitative estimate of drug-likeness (QED) is 0.699. The Kier molecular flexibility index (Phi) is 2.64. The number of anilines is 2. The minimum Gasteiger partial charge on any atom is -0.399 e. The Morgan fingerprint density at radius 1 is 1.41 bits per heavy atom. The van der Waals surface area contributed by atoms with Crippen LogP contribution in [0, 0.1) is 5.41 Å². The van der Waals surface area contributed by atoms with Gasteiger partial charge >= 0.3 is 0 Å². The summed E-state index contributed by atoms with van der Waals surface area (Å²) in [5.74, 6) is 0.105. The van der Waals surface area contributed by atoms with Gasteiger partial charge in [-0.1, -0.05) is 20.8 Å². The van der Waals surface area contributed by atoms with E-state index in [9.17, 15) is 4.79 Å². The molecule has 92 valence electrons. The monoisotopic (exact) mass is 232 g/mol. The van der Waals surface area contributed by atoms with E-state index in [-0.39, 0.29) is 17.4 Å². The highest BCUT2D eigenvalue weighted by Crippen LogP contribution is 2.40. The molecule has 2 rings (SSSR count). The van der Waals surface area contributed by atoms with Gasteiger partial charge < -0.3 is 10.6 Å². The van der Waals surface area contributed by atoms with Crippen molar-refractivity contribution in [3.63, 3.8) is 0 Å². The molecule has 1 atom stereocenters. The third-order valence-corrected chi connectivity index (χ3v) is 3.43. The van der Waals surface area contributed by atoms with E-state index in [1.54, 1.807) is 6.92 Å². The summed E-state index contributed by atoms with van der Waals surface area (Å²) in [7, 11) is 0. The predicted octanol–water partition coefficient (Wildman–Crippen LogP) is 2.59. The first kappa shape index (κ1) is 12.0. The second-order valence-corrected chi connectivity index (χ2v) is 5.86. The number of fused-ring (bicyclic) bond motifs is 1. The van der Waals surface area contributed by atoms with Gasteiger partial charge in [0.1, 0.15) is 0 Å². The molecule has 3 nitrogen and oxygen atoms in total. The van der Waals surface area contributed by atoms with E-state index in [1.165, 1.54) is 5.56 Å². The Morgan fingerprint density at radius 3 is 2.59 bits per heavy atom. The van der Waals surface area contributed by atoms with Gasteiger partial charge in [0.2, 0.25) is 5.91 Å². The molecule has 1 aromatic rings. The van der Waals surface area contributed by atoms with E-state index in [0.717, 1.165) is 17.8 Å². The van der Waals surface area contributed by atoms with Crippen LogP contribution in [0.2, 0.25) is 0 Å². The zero-order valence-corrected chi connectivity index (χ0v) is 10.9. The van der Waals surface area contributed by atoms with Crippen molar-refractivity contribution in [2.45, 2.75) is 40.2 Å². The Labute approximate surface area is 103 Å². The summed E-state index contributed by atoms with van der Waals surface area (Å²) in [5, 5.41) is 0. The number of amides is 1. The Balaban J connectivity index is 2.48. The van der Waals surface area contributed by atoms with Crippen molar-refractivity contribution in [2.24, 2.45) is 5.41 Å². The first-order valence-electron chi connectivity index (χ1n) is 5.99. The largest absolute Gasteiger partial charge is 0.399 e. The van der Waals surface area contributed by atoms with Crippen molar-refractivity contribution >= 4 is 17.3 Å². The number of carbonyl (C=O) groups is 1. The minimum atomic E-state index is 0.0689. The number of carbonyl (C=O) groups excluding carboxylic acids is 1. The van der Waals surface area contributed by atoms with Crippen LogP contribution in [0.4, 0.5) is 11.4 Å². The number of hydrogen-bond donors (Lipinski definition) is 1. The normalized spacial score (nSPS) is 19.3. The van der Waals surface area contributed by atoms with E-state index >= 15 is 0 Å². The average molecular weight is 232 g/mol. The number of nitrogens with two attached hydrogens (primary N) is 1. The van der Waals surface area contributed by atoms with Crippen LogP contribution in [-0.2, 0) is 11.2 Å². The van der Waals surface area contributed by atoms with E-state index < -0.39 is 0 Å². The van der Waals surface area contributed by atoms with E-state index in [2.05, 4.69) is 20.8 Å². The fraction of sp³-hybridized carbons (Fsp3) is 0.500. The summed E-state index contributed by atoms with van der Waals surface area (Å²) >= 11 is 0. The maximum absolute atomic E-state index is 11.8. The minimum absolute atomic E-state index is 0.0689. The molecule has 0 unspecified atom stereocenters. The molecule has 0 bridgehead atoms. The molecule has 1 aliphatic heterocycles. The van der Waals surface area contributed by atoms with Gasteiger partial charge in [-0.15, -0.1) is 0 Å². The van der Waals surface area contributed by atoms with Crippen LogP contribution in [0.1, 0.15) is 33.3 Å². The molecular weight excluding hydrogens is 212 g/mol. The molecule has 1 amide bonds. The maximum Gasteiger partial charge on any atom is 0.224 e. The summed E-state index contributed by atoms with van der Waals surface area (Å²) in [6, 6.07) is 6.02. The number of nitrogens with zero attached hydrogens (tertiary/aromatic N) is 1. The molecule has 1 aliphatic rings. The fourth-order valence-corrected chi connectivity index (χ4v) is 2.55. The number of rotatable bonds is 0. The molecule has 1 aromatic carbocycles. The lowest BCUT2D eigenvalue weighted by atomic mass is 9.84. The van der Waals surface area contributed by atoms with Crippen LogP contribution in [0.3, 0.4) is 0 Å². The van der Waals surface area contributed by atoms with E-state index in [4.69, 9.17) is 5.73 Å². The number of nitrogen functional groups attached to an aromatic ring is 1. The summed E-state index contributed by atoms with van der Waals surface area (Å²) in [5.41, 5.74) is 8.84. The molecule has 1 heterocycles. The Morgan fingerprint density at radius 2 is 2.06 bits per heavy atom. The van der Waals surface area contributed by atoms with Crippen LogP contribution in [0.25, 0.3) is 0 Å². The van der Waals surface area contributed by atoms with Crippen LogP contribution >= 0.6 is 0 Å². The third-order valence-electron chi connectivity index (χ3n) is 3.43. The predicted molar refractivity (Wildman–Crippen MR) is 71.0 cm³/mol. The highest BCUT2D eigenvalue weighted by atomic mass is 16.2. The van der Waals surface area contributed by atoms with Gasteiger partial charge in [-0.3, -0.25) is 4.79 Å². The molecular formula is C14H20N2O. The van der Waals surface area contributed by atoms with Crippen LogP contribution < -0.4 is 10.6 Å². The summed E-state index contributed by atoms with van der Waals surface area (Å²) < 4.78 is 0. The lowest BCUT2D eigenvalue weighted by Crippen LogP contribution is -2.44. The van der Waals surface area contributed by atoms with E-state index in [0.29, 0.717) is 0 Å². The van der Waals surface area contributed by atoms with E-state index in [1.807, 2.05) is 23.1 Å². The van der Waals surface area contributed by atoms with Crippen molar-refractivity contribution in [2.75, 3.05) is 10.6 Å². The van der Waals surface area contributed by atoms with Crippen molar-refractivity contribution in [1.82, 2.24) is 0 Å². The zero-order valence-electron chi connectivity index (χ0n) is 10.9. The SMILES string of the molecule is CC(=O)N1c2ccc(N)cc2C[C@@H]1C(C)(C)C. The van der Waals surface area contributed by atoms with Crippen molar-refractivity contribution in [1.29, 1.82) is 0 Å². The van der Waals surface area contributed by atoms with Gasteiger partial charge in [-0.05, 0) is 35.6 Å². The Hall–Kier alpha value is -1.51. The van der Waals surface area contributed by atoms with Crippen molar-refractivity contribution < 1.29 is 4.79 Å². The zero-order chi connectivity index (χ0) is 12.8. The van der Waals surface area contributed by atoms with Gasteiger partial charge in [-0.25, -0.2) is 0 Å². The molecule has 0 fully saturated rings. The highest BCUT2D eigenvalue weighted by molar-refractivity contribution is 5.95. The topological polar surface area (TPSA) is 46.3 Å². The van der Waals surface area contributed by atoms with Crippen molar-refractivity contribution in [3.05, 3.63) is 23.8 Å². The van der Waals surface area contributed by atoms with Gasteiger partial charge in [-0.2, -0.15) is 0 Å². The highest BCUT2D eigenvalue weighted by Gasteiger charge is 2.39. The average Bonchev–Trinajstić information content (AvgIpc) is 2.55. The molecule has 0 aliphatic carbocycles. The summed E-state index contributed by atoms with van der Waals surface area (Å²) in [6.07, 6.45) is 0.892. The fourth-order valence-electron chi connectivity index (χ4n) is 2.55. The molecule has 17 heavy (non-hydrogen) atoms. The molecule has 0 radical (unpaired) electrons. The first-order chi connectivity index (χ1) is 7.80. The van der Waals surface area contributed by atoms with Gasteiger partial charge in [0.05, 0.1) is 0 Å². The van der Waals surface area contributed by atoms with Gasteiger partial charge in [0.15, 0.2) is 0 Å². The molecule has 0 spiro atoms. The Bertz CT molecular complexity index is 460. The molecule has 0 saturated carbocycles. The maximum atomic E-state index is 11.8. The van der Waals surface area contributed by atoms with Crippen LogP contribution in [0.5, 0.6) is 0 Å². The summed E-state index contributed by atoms with van der Waals surface area (Å²) in [6.45, 7) is 8.14. The van der Waals surface area contributed by atoms with Crippen molar-refractivity contribution in [3.8, 4) is 0 Å². The standard InChI is InChI=1S/C14H20N2O/c1-9(17)16-12-6-5-11(15)7-10(12)8-13(16)14(2,3)4/h5-7,13H,8,15H2,1-4H3/t13-/m1/s1. The van der Waals surface area contributed by atoms with Crippen LogP contribution in [-0.4, -0.2) is 11.9 Å². The second-order valence-electron chi connectivity index (χ2n) is 5.86. The third kappa shape index (κ3) is 2.02. The molecule has 0 aromatic heterocycles. The second kappa shape index (κ2) is 3.76.